The van der Waals surface area contributed by atoms with E-state index in [9.17, 15) is 54.3 Å². The summed E-state index contributed by atoms with van der Waals surface area (Å²) in [6.07, 6.45) is 0. The van der Waals surface area contributed by atoms with Crippen molar-refractivity contribution in [2.45, 2.75) is 0 Å². The minimum absolute atomic E-state index is 0.113. The predicted molar refractivity (Wildman–Crippen MR) is 131 cm³/mol. The Morgan fingerprint density at radius 2 is 0.816 bits per heavy atom. The first-order valence-corrected chi connectivity index (χ1v) is 10.6. The van der Waals surface area contributed by atoms with Crippen molar-refractivity contribution in [2.75, 3.05) is 0 Å². The van der Waals surface area contributed by atoms with Crippen LogP contribution >= 0.6 is 0 Å². The van der Waals surface area contributed by atoms with E-state index in [-0.39, 0.29) is 21.5 Å². The molecule has 12 heteroatoms. The van der Waals surface area contributed by atoms with Gasteiger partial charge in [-0.3, -0.25) is 4.79 Å². The monoisotopic (exact) mass is 515 g/mol. The predicted octanol–water partition coefficient (Wildman–Crippen LogP) is 3.33. The van der Waals surface area contributed by atoms with Gasteiger partial charge in [0.05, 0.1) is 33.4 Å². The first-order valence-electron chi connectivity index (χ1n) is 10.6. The Labute approximate surface area is 209 Å². The lowest BCUT2D eigenvalue weighted by Crippen LogP contribution is -2.24. The number of amides is 1. The lowest BCUT2D eigenvalue weighted by Gasteiger charge is -2.23. The third-order valence-electron chi connectivity index (χ3n) is 6.51. The summed E-state index contributed by atoms with van der Waals surface area (Å²) in [5.74, 6) is -11.2. The highest BCUT2D eigenvalue weighted by Gasteiger charge is 2.38. The second kappa shape index (κ2) is 7.86. The highest BCUT2D eigenvalue weighted by molar-refractivity contribution is 6.43. The van der Waals surface area contributed by atoms with Gasteiger partial charge in [-0.2, -0.15) is 0 Å². The van der Waals surface area contributed by atoms with Gasteiger partial charge in [0, 0.05) is 21.5 Å². The van der Waals surface area contributed by atoms with Gasteiger partial charge >= 0.3 is 29.8 Å². The van der Waals surface area contributed by atoms with Gasteiger partial charge in [-0.25, -0.2) is 24.0 Å². The highest BCUT2D eigenvalue weighted by Crippen LogP contribution is 2.48. The number of carbonyl (C=O) groups excluding carboxylic acids is 1. The summed E-state index contributed by atoms with van der Waals surface area (Å²) in [6, 6.07) is 9.20. The van der Waals surface area contributed by atoms with E-state index in [1.807, 2.05) is 0 Å². The molecule has 0 fully saturated rings. The van der Waals surface area contributed by atoms with Gasteiger partial charge in [-0.15, -0.1) is 0 Å². The summed E-state index contributed by atoms with van der Waals surface area (Å²) in [6.45, 7) is 0. The third-order valence-corrected chi connectivity index (χ3v) is 6.51. The van der Waals surface area contributed by atoms with E-state index < -0.39 is 79.9 Å². The second-order valence-electron chi connectivity index (χ2n) is 8.35. The average Bonchev–Trinajstić information content (AvgIpc) is 2.84. The number of carboxylic acids is 5. The molecule has 12 nitrogen and oxygen atoms in total. The number of aromatic carboxylic acids is 5. The number of nitrogens with two attached hydrogens (primary N) is 1. The molecule has 0 unspecified atom stereocenters. The molecule has 0 aliphatic heterocycles. The zero-order valence-electron chi connectivity index (χ0n) is 18.7. The fourth-order valence-corrected chi connectivity index (χ4v) is 5.36. The maximum Gasteiger partial charge on any atom is 0.337 e. The zero-order chi connectivity index (χ0) is 27.8. The van der Waals surface area contributed by atoms with Crippen molar-refractivity contribution in [3.8, 4) is 0 Å². The number of rotatable bonds is 6. The first-order chi connectivity index (χ1) is 17.9. The normalized spacial score (nSPS) is 11.4. The molecule has 1 amide bonds. The molecule has 5 aromatic carbocycles. The van der Waals surface area contributed by atoms with Crippen LogP contribution in [0.4, 0.5) is 0 Å². The van der Waals surface area contributed by atoms with Crippen LogP contribution in [0.3, 0.4) is 0 Å². The summed E-state index contributed by atoms with van der Waals surface area (Å²) < 4.78 is 0. The zero-order valence-corrected chi connectivity index (χ0v) is 18.7. The standard InChI is InChI=1S/C26H13NO11/c27-21(28)15-11-8-5-1-3-7-4-2-6-9(10(7)8)12-13(11)14(17(23(31)32)19(15)25(35)36)18(24(33)34)20(26(37)38)16(12)22(29)30/h1-6H,(H2,27,28)(H,29,30)(H,31,32)(H,33,34)(H,35,36)(H,37,38). The fourth-order valence-electron chi connectivity index (χ4n) is 5.36. The molecule has 0 radical (unpaired) electrons. The van der Waals surface area contributed by atoms with Crippen molar-refractivity contribution in [3.63, 3.8) is 0 Å². The molecule has 7 N–H and O–H groups in total. The van der Waals surface area contributed by atoms with Crippen LogP contribution in [-0.4, -0.2) is 61.3 Å². The van der Waals surface area contributed by atoms with E-state index >= 15 is 0 Å². The van der Waals surface area contributed by atoms with Crippen LogP contribution in [-0.2, 0) is 0 Å². The van der Waals surface area contributed by atoms with E-state index in [0.29, 0.717) is 10.8 Å². The number of fused-ring (bicyclic) bond motifs is 2. The molecule has 0 atom stereocenters. The number of benzene rings is 5. The Kier molecular flexibility index (Phi) is 4.95. The van der Waals surface area contributed by atoms with E-state index in [4.69, 9.17) is 5.73 Å². The molecule has 0 aliphatic rings. The first kappa shape index (κ1) is 23.9. The third kappa shape index (κ3) is 2.91. The van der Waals surface area contributed by atoms with E-state index in [0.717, 1.165) is 0 Å². The smallest absolute Gasteiger partial charge is 0.337 e. The summed E-state index contributed by atoms with van der Waals surface area (Å²) in [7, 11) is 0. The Balaban J connectivity index is 2.46. The lowest BCUT2D eigenvalue weighted by atomic mass is 9.78. The van der Waals surface area contributed by atoms with Crippen LogP contribution in [0.25, 0.3) is 43.1 Å². The number of carboxylic acid groups (broad SMARTS) is 5. The molecule has 0 heterocycles. The van der Waals surface area contributed by atoms with Crippen molar-refractivity contribution < 1.29 is 54.3 Å². The molecule has 5 aromatic rings. The van der Waals surface area contributed by atoms with Gasteiger partial charge in [0.1, 0.15) is 0 Å². The van der Waals surface area contributed by atoms with Crippen molar-refractivity contribution in [3.05, 3.63) is 69.8 Å². The minimum atomic E-state index is -2.02. The SMILES string of the molecule is NC(=O)c1c(C(=O)O)c(C(=O)O)c2c(C(=O)O)c(C(=O)O)c(C(=O)O)c3c4cccc5cccc(c1c23)c54. The highest BCUT2D eigenvalue weighted by atomic mass is 16.4. The Morgan fingerprint density at radius 3 is 1.21 bits per heavy atom. The lowest BCUT2D eigenvalue weighted by molar-refractivity contribution is 0.0634. The Hall–Kier alpha value is -5.78. The van der Waals surface area contributed by atoms with Gasteiger partial charge in [-0.1, -0.05) is 36.4 Å². The van der Waals surface area contributed by atoms with Crippen LogP contribution in [0, 0.1) is 0 Å². The van der Waals surface area contributed by atoms with E-state index in [2.05, 4.69) is 0 Å². The van der Waals surface area contributed by atoms with Crippen LogP contribution < -0.4 is 5.73 Å². The molecule has 0 spiro atoms. The molecule has 0 saturated carbocycles. The summed E-state index contributed by atoms with van der Waals surface area (Å²) in [5, 5.41) is 49.4. The number of primary amides is 1. The molecular formula is C26H13NO11. The maximum atomic E-state index is 12.7. The van der Waals surface area contributed by atoms with Crippen LogP contribution in [0.1, 0.15) is 62.1 Å². The average molecular weight is 515 g/mol. The Bertz CT molecular complexity index is 1850. The van der Waals surface area contributed by atoms with Crippen molar-refractivity contribution in [1.82, 2.24) is 0 Å². The van der Waals surface area contributed by atoms with Crippen LogP contribution in [0.5, 0.6) is 0 Å². The van der Waals surface area contributed by atoms with Gasteiger partial charge in [0.2, 0.25) is 5.91 Å². The summed E-state index contributed by atoms with van der Waals surface area (Å²) in [5.41, 5.74) is -1.07. The van der Waals surface area contributed by atoms with Gasteiger partial charge < -0.3 is 31.3 Å². The summed E-state index contributed by atoms with van der Waals surface area (Å²) >= 11 is 0. The van der Waals surface area contributed by atoms with Crippen LogP contribution in [0.15, 0.2) is 36.4 Å². The van der Waals surface area contributed by atoms with E-state index in [1.165, 1.54) is 24.3 Å². The molecule has 0 aliphatic carbocycles. The van der Waals surface area contributed by atoms with Crippen molar-refractivity contribution in [1.29, 1.82) is 0 Å². The largest absolute Gasteiger partial charge is 0.478 e. The molecule has 0 aromatic heterocycles. The second-order valence-corrected chi connectivity index (χ2v) is 8.35. The van der Waals surface area contributed by atoms with Crippen molar-refractivity contribution in [2.24, 2.45) is 5.73 Å². The topological polar surface area (TPSA) is 230 Å². The van der Waals surface area contributed by atoms with Gasteiger partial charge in [-0.05, 0) is 21.5 Å². The Morgan fingerprint density at radius 1 is 0.447 bits per heavy atom. The number of hydrogen-bond donors (Lipinski definition) is 6. The minimum Gasteiger partial charge on any atom is -0.478 e. The fraction of sp³-hybridized carbons (Fsp3) is 0. The maximum absolute atomic E-state index is 12.7. The quantitative estimate of drug-likeness (QED) is 0.142. The van der Waals surface area contributed by atoms with Crippen LogP contribution in [0.2, 0.25) is 0 Å². The molecule has 188 valence electrons. The molecule has 0 bridgehead atoms. The molecule has 38 heavy (non-hydrogen) atoms. The number of carbonyl (C=O) groups is 6. The van der Waals surface area contributed by atoms with E-state index in [1.54, 1.807) is 12.1 Å². The summed E-state index contributed by atoms with van der Waals surface area (Å²) in [4.78, 5) is 75.0. The van der Waals surface area contributed by atoms with Crippen molar-refractivity contribution >= 4 is 78.8 Å². The van der Waals surface area contributed by atoms with Gasteiger partial charge in [0.25, 0.3) is 0 Å². The molecule has 5 rings (SSSR count). The number of hydrogen-bond acceptors (Lipinski definition) is 6. The molecule has 0 saturated heterocycles. The molecular weight excluding hydrogens is 502 g/mol. The van der Waals surface area contributed by atoms with Gasteiger partial charge in [0.15, 0.2) is 0 Å².